The SMILES string of the molecule is CCCCCCCCCCCCCCCC(=O)N(CCCCN(CCC[n+]1c(C)cc(C)cc1CCCCCCCCCCCCCC)C(=O)CCCCCCCCCCCCCCC)CCC[n+]1c(C)cc(C)cc1CCCCCCCCCCCCCC.F[P-](F)(F)(F)(F)F.F[P-](F)(F)(F)(F)F. The summed E-state index contributed by atoms with van der Waals surface area (Å²) in [6, 6.07) is 9.59. The molecule has 0 N–H and O–H groups in total. The Balaban J connectivity index is 0.00000682. The van der Waals surface area contributed by atoms with Crippen LogP contribution in [-0.2, 0) is 35.5 Å². The van der Waals surface area contributed by atoms with Crippen molar-refractivity contribution in [2.75, 3.05) is 26.2 Å². The third-order valence-corrected chi connectivity index (χ3v) is 20.2. The van der Waals surface area contributed by atoms with Gasteiger partial charge in [0.2, 0.25) is 11.8 Å². The summed E-state index contributed by atoms with van der Waals surface area (Å²) >= 11 is 0. The van der Waals surface area contributed by atoms with Crippen LogP contribution < -0.4 is 9.13 Å². The zero-order chi connectivity index (χ0) is 77.8. The second kappa shape index (κ2) is 57.3. The van der Waals surface area contributed by atoms with Crippen LogP contribution in [0.3, 0.4) is 0 Å². The minimum absolute atomic E-state index is 0.348. The molecule has 618 valence electrons. The Bertz CT molecular complexity index is 2250. The summed E-state index contributed by atoms with van der Waals surface area (Å²) in [6.07, 6.45) is 74.9. The van der Waals surface area contributed by atoms with Crippen LogP contribution in [0.25, 0.3) is 0 Å². The second-order valence-electron chi connectivity index (χ2n) is 31.0. The predicted molar refractivity (Wildman–Crippen MR) is 421 cm³/mol. The molecule has 2 aromatic heterocycles. The Labute approximate surface area is 628 Å². The summed E-state index contributed by atoms with van der Waals surface area (Å²) in [5.74, 6) is 0.695. The molecular formula is C84H156F12N4O2P2. The van der Waals surface area contributed by atoms with Crippen LogP contribution in [0, 0.1) is 27.7 Å². The van der Waals surface area contributed by atoms with E-state index < -0.39 is 15.6 Å². The van der Waals surface area contributed by atoms with Gasteiger partial charge in [0.05, 0.1) is 0 Å². The van der Waals surface area contributed by atoms with Gasteiger partial charge in [-0.3, -0.25) is 9.59 Å². The first-order chi connectivity index (χ1) is 49.0. The van der Waals surface area contributed by atoms with Crippen molar-refractivity contribution in [2.24, 2.45) is 0 Å². The molecule has 2 amide bonds. The fourth-order valence-corrected chi connectivity index (χ4v) is 14.5. The number of aryl methyl sites for hydroxylation is 6. The van der Waals surface area contributed by atoms with Crippen molar-refractivity contribution in [3.05, 3.63) is 58.2 Å². The van der Waals surface area contributed by atoms with Crippen molar-refractivity contribution < 1.29 is 69.1 Å². The summed E-state index contributed by atoms with van der Waals surface area (Å²) < 4.78 is 124. The van der Waals surface area contributed by atoms with Crippen LogP contribution in [0.2, 0.25) is 0 Å². The van der Waals surface area contributed by atoms with Gasteiger partial charge in [0, 0.05) is 103 Å². The van der Waals surface area contributed by atoms with Gasteiger partial charge >= 0.3 is 66.0 Å². The summed E-state index contributed by atoms with van der Waals surface area (Å²) in [7, 11) is -21.3. The summed E-state index contributed by atoms with van der Waals surface area (Å²) in [5.41, 5.74) is 8.37. The molecule has 0 aliphatic heterocycles. The topological polar surface area (TPSA) is 48.4 Å². The quantitative estimate of drug-likeness (QED) is 0.0287. The maximum atomic E-state index is 14.3. The van der Waals surface area contributed by atoms with E-state index >= 15 is 0 Å². The monoisotopic (exact) mass is 1540 g/mol. The fourth-order valence-electron chi connectivity index (χ4n) is 14.5. The number of rotatable bonds is 67. The second-order valence-corrected chi connectivity index (χ2v) is 34.8. The summed E-state index contributed by atoms with van der Waals surface area (Å²) in [4.78, 5) is 33.1. The van der Waals surface area contributed by atoms with Gasteiger partial charge in [-0.15, -0.1) is 0 Å². The average Bonchev–Trinajstić information content (AvgIpc) is 0.786. The number of unbranched alkanes of at least 4 members (excludes halogenated alkanes) is 47. The molecule has 0 bridgehead atoms. The molecule has 0 saturated heterocycles. The van der Waals surface area contributed by atoms with Gasteiger partial charge in [-0.25, -0.2) is 0 Å². The van der Waals surface area contributed by atoms with Gasteiger partial charge in [0.1, 0.15) is 0 Å². The summed E-state index contributed by atoms with van der Waals surface area (Å²) in [5, 5.41) is 0. The third-order valence-electron chi connectivity index (χ3n) is 20.2. The standard InChI is InChI=1S/C84H156N4O2.2F6P/c1-9-13-17-21-25-29-33-37-41-45-49-53-57-65-83(89)85(69-61-71-87-79(7)73-77(5)75-81(87)63-55-51-47-43-39-35-31-27-23-19-15-11-3)67-59-60-68-86(84(90)66-58-54-50-46-42-38-34-30-26-22-18-14-10-2)70-62-72-88-80(8)74-78(6)76-82(88)64-56-52-48-44-40-36-32-28-24-20-16-12-4;2*1-7(2,3,4,5)6/h73-76H,9-72H2,1-8H3;;/q+2;2*-1. The van der Waals surface area contributed by atoms with Crippen molar-refractivity contribution in [2.45, 2.75) is 441 Å². The molecule has 0 unspecified atom stereocenters. The van der Waals surface area contributed by atoms with E-state index in [-0.39, 0.29) is 0 Å². The van der Waals surface area contributed by atoms with Crippen LogP contribution in [0.5, 0.6) is 0 Å². The van der Waals surface area contributed by atoms with E-state index in [1.54, 1.807) is 0 Å². The van der Waals surface area contributed by atoms with Gasteiger partial charge in [-0.2, -0.15) is 9.13 Å². The molecule has 0 spiro atoms. The predicted octanol–water partition coefficient (Wildman–Crippen LogP) is 31.6. The van der Waals surface area contributed by atoms with E-state index in [2.05, 4.69) is 98.6 Å². The Morgan fingerprint density at radius 1 is 0.269 bits per heavy atom. The van der Waals surface area contributed by atoms with E-state index in [9.17, 15) is 60.0 Å². The molecule has 104 heavy (non-hydrogen) atoms. The van der Waals surface area contributed by atoms with Crippen LogP contribution >= 0.6 is 15.6 Å². The molecule has 2 rings (SSSR count). The molecule has 0 aromatic carbocycles. The molecule has 0 radical (unpaired) electrons. The Hall–Kier alpha value is -2.74. The number of nitrogens with zero attached hydrogens (tertiary/aromatic N) is 4. The Kier molecular flexibility index (Phi) is 55.8. The van der Waals surface area contributed by atoms with E-state index in [0.717, 1.165) is 103 Å². The number of hydrogen-bond donors (Lipinski definition) is 0. The number of carbonyl (C=O) groups excluding carboxylic acids is 2. The molecule has 0 aliphatic carbocycles. The van der Waals surface area contributed by atoms with Gasteiger partial charge in [-0.05, 0) is 63.5 Å². The molecule has 0 atom stereocenters. The van der Waals surface area contributed by atoms with Crippen LogP contribution in [0.4, 0.5) is 50.4 Å². The van der Waals surface area contributed by atoms with Crippen LogP contribution in [-0.4, -0.2) is 47.8 Å². The zero-order valence-electron chi connectivity index (χ0n) is 67.6. The molecule has 6 nitrogen and oxygen atoms in total. The first kappa shape index (κ1) is 101. The Morgan fingerprint density at radius 3 is 0.663 bits per heavy atom. The number of carbonyl (C=O) groups is 2. The summed E-state index contributed by atoms with van der Waals surface area (Å²) in [6.45, 7) is 23.5. The molecule has 2 heterocycles. The zero-order valence-corrected chi connectivity index (χ0v) is 69.4. The number of pyridine rings is 2. The fraction of sp³-hybridized carbons (Fsp3) is 0.857. The minimum atomic E-state index is -10.7. The van der Waals surface area contributed by atoms with Crippen LogP contribution in [0.1, 0.15) is 421 Å². The van der Waals surface area contributed by atoms with E-state index in [4.69, 9.17) is 0 Å². The normalized spacial score (nSPS) is 13.2. The Morgan fingerprint density at radius 2 is 0.452 bits per heavy atom. The molecule has 2 aromatic rings. The van der Waals surface area contributed by atoms with E-state index in [1.165, 1.54) is 329 Å². The number of aromatic nitrogens is 2. The van der Waals surface area contributed by atoms with Crippen molar-refractivity contribution in [3.8, 4) is 0 Å². The molecule has 20 heteroatoms. The van der Waals surface area contributed by atoms with Crippen molar-refractivity contribution in [1.29, 1.82) is 0 Å². The number of halogens is 12. The maximum absolute atomic E-state index is 14.3. The van der Waals surface area contributed by atoms with E-state index in [0.29, 0.717) is 24.7 Å². The van der Waals surface area contributed by atoms with Gasteiger partial charge < -0.3 is 9.80 Å². The van der Waals surface area contributed by atoms with Crippen molar-refractivity contribution in [1.82, 2.24) is 9.80 Å². The van der Waals surface area contributed by atoms with Crippen molar-refractivity contribution in [3.63, 3.8) is 0 Å². The first-order valence-corrected chi connectivity index (χ1v) is 46.8. The van der Waals surface area contributed by atoms with Gasteiger partial charge in [0.15, 0.2) is 35.9 Å². The van der Waals surface area contributed by atoms with Crippen LogP contribution in [0.15, 0.2) is 24.3 Å². The van der Waals surface area contributed by atoms with Crippen molar-refractivity contribution >= 4 is 27.4 Å². The molecule has 0 aliphatic rings. The number of hydrogen-bond acceptors (Lipinski definition) is 2. The molecular weight excluding hydrogens is 1390 g/mol. The number of amides is 2. The molecule has 0 fully saturated rings. The first-order valence-electron chi connectivity index (χ1n) is 42.7. The van der Waals surface area contributed by atoms with Gasteiger partial charge in [0.25, 0.3) is 0 Å². The van der Waals surface area contributed by atoms with Gasteiger partial charge in [-0.1, -0.05) is 323 Å². The molecule has 0 saturated carbocycles. The average molecular weight is 1540 g/mol. The van der Waals surface area contributed by atoms with E-state index in [1.807, 2.05) is 0 Å². The third kappa shape index (κ3) is 73.4.